The fraction of sp³-hybridized carbons (Fsp3) is 0.182. The molecular weight excluding hydrogens is 272 g/mol. The minimum absolute atomic E-state index is 0.108. The molecule has 2 unspecified atom stereocenters. The van der Waals surface area contributed by atoms with Crippen LogP contribution in [0.3, 0.4) is 0 Å². The fourth-order valence-electron chi connectivity index (χ4n) is 1.96. The predicted octanol–water partition coefficient (Wildman–Crippen LogP) is -1.29. The van der Waals surface area contributed by atoms with Crippen LogP contribution in [0.5, 0.6) is 0 Å². The Kier molecular flexibility index (Phi) is 2.88. The zero-order valence-corrected chi connectivity index (χ0v) is 9.85. The third kappa shape index (κ3) is 1.47. The Morgan fingerprint density at radius 2 is 1.85 bits per heavy atom. The summed E-state index contributed by atoms with van der Waals surface area (Å²) in [4.78, 5) is 36.0. The van der Waals surface area contributed by atoms with Crippen molar-refractivity contribution in [2.75, 3.05) is 0 Å². The van der Waals surface area contributed by atoms with Crippen molar-refractivity contribution < 1.29 is 34.8 Å². The smallest absolute Gasteiger partial charge is 0.362 e. The molecule has 5 N–H and O–H groups in total. The van der Waals surface area contributed by atoms with Crippen LogP contribution < -0.4 is 0 Å². The van der Waals surface area contributed by atoms with Gasteiger partial charge >= 0.3 is 11.9 Å². The van der Waals surface area contributed by atoms with E-state index in [0.29, 0.717) is 10.1 Å². The van der Waals surface area contributed by atoms with Gasteiger partial charge in [0.15, 0.2) is 6.29 Å². The minimum atomic E-state index is -3.55. The molecule has 2 rings (SSSR count). The first-order valence-corrected chi connectivity index (χ1v) is 5.32. The Morgan fingerprint density at radius 3 is 2.35 bits per heavy atom. The lowest BCUT2D eigenvalue weighted by molar-refractivity contribution is -0.221. The maximum atomic E-state index is 11.3. The van der Waals surface area contributed by atoms with E-state index in [9.17, 15) is 24.6 Å². The number of nitrogens with zero attached hydrogens (tertiary/aromatic N) is 1. The first-order valence-electron chi connectivity index (χ1n) is 5.32. The molecule has 0 bridgehead atoms. The van der Waals surface area contributed by atoms with Crippen LogP contribution in [0.4, 0.5) is 0 Å². The van der Waals surface area contributed by atoms with Crippen LogP contribution in [0.25, 0.3) is 11.0 Å². The Balaban J connectivity index is 2.80. The largest absolute Gasteiger partial charge is 0.479 e. The van der Waals surface area contributed by atoms with Gasteiger partial charge in [-0.3, -0.25) is 4.79 Å². The van der Waals surface area contributed by atoms with Crippen LogP contribution in [0, 0.1) is 0 Å². The van der Waals surface area contributed by atoms with Crippen molar-refractivity contribution in [1.29, 1.82) is 0 Å². The second-order valence-electron chi connectivity index (χ2n) is 4.13. The molecule has 0 aliphatic heterocycles. The molecule has 0 aliphatic rings. The van der Waals surface area contributed by atoms with Gasteiger partial charge in [0.1, 0.15) is 0 Å². The van der Waals surface area contributed by atoms with E-state index in [2.05, 4.69) is 4.98 Å². The SMILES string of the molecule is O=CC(O)(C(=O)O)C(O)(C(=O)O)n1ccc2[nH]ccc21. The number of carboxylic acid groups (broad SMARTS) is 2. The molecular formula is C11H10N2O7. The number of carbonyl (C=O) groups excluding carboxylic acids is 1. The van der Waals surface area contributed by atoms with Crippen LogP contribution in [0.15, 0.2) is 24.5 Å². The summed E-state index contributed by atoms with van der Waals surface area (Å²) in [5.41, 5.74) is -6.45. The molecule has 0 radical (unpaired) electrons. The molecule has 0 saturated carbocycles. The van der Waals surface area contributed by atoms with Gasteiger partial charge in [0.25, 0.3) is 11.3 Å². The Hall–Kier alpha value is -2.65. The van der Waals surface area contributed by atoms with Crippen molar-refractivity contribution in [1.82, 2.24) is 9.55 Å². The van der Waals surface area contributed by atoms with Gasteiger partial charge in [0.2, 0.25) is 0 Å². The highest BCUT2D eigenvalue weighted by molar-refractivity contribution is 6.03. The molecule has 0 spiro atoms. The van der Waals surface area contributed by atoms with Gasteiger partial charge in [0.05, 0.1) is 11.0 Å². The number of aliphatic hydroxyl groups is 2. The molecule has 9 heteroatoms. The molecule has 2 heterocycles. The van der Waals surface area contributed by atoms with Gasteiger partial charge < -0.3 is 30.0 Å². The van der Waals surface area contributed by atoms with E-state index in [0.717, 1.165) is 6.20 Å². The Labute approximate surface area is 110 Å². The second-order valence-corrected chi connectivity index (χ2v) is 4.13. The summed E-state index contributed by atoms with van der Waals surface area (Å²) >= 11 is 0. The number of carbonyl (C=O) groups is 3. The highest BCUT2D eigenvalue weighted by atomic mass is 16.5. The molecule has 0 fully saturated rings. The van der Waals surface area contributed by atoms with Crippen LogP contribution in [0.2, 0.25) is 0 Å². The molecule has 0 saturated heterocycles. The zero-order chi connectivity index (χ0) is 15.1. The van der Waals surface area contributed by atoms with Crippen molar-refractivity contribution >= 4 is 29.3 Å². The van der Waals surface area contributed by atoms with E-state index >= 15 is 0 Å². The Bertz CT molecular complexity index is 703. The number of hydrogen-bond acceptors (Lipinski definition) is 5. The van der Waals surface area contributed by atoms with E-state index in [-0.39, 0.29) is 5.52 Å². The molecule has 0 aliphatic carbocycles. The molecule has 0 aromatic carbocycles. The summed E-state index contributed by atoms with van der Waals surface area (Å²) in [5.74, 6) is -4.28. The number of hydrogen-bond donors (Lipinski definition) is 5. The van der Waals surface area contributed by atoms with Crippen LogP contribution in [-0.2, 0) is 20.1 Å². The summed E-state index contributed by atoms with van der Waals surface area (Å²) in [6, 6.07) is 2.71. The van der Waals surface area contributed by atoms with Gasteiger partial charge in [0, 0.05) is 12.4 Å². The Morgan fingerprint density at radius 1 is 1.20 bits per heavy atom. The third-order valence-corrected chi connectivity index (χ3v) is 3.08. The standard InChI is InChI=1S/C11H10N2O7/c14-5-10(19,8(15)16)11(20,9(17)18)13-4-2-6-7(13)1-3-12-6/h1-5,12,19-20H,(H,15,16)(H,17,18). The molecule has 0 amide bonds. The lowest BCUT2D eigenvalue weighted by Gasteiger charge is -2.34. The number of aliphatic carboxylic acids is 2. The second kappa shape index (κ2) is 4.18. The monoisotopic (exact) mass is 282 g/mol. The summed E-state index contributed by atoms with van der Waals surface area (Å²) in [7, 11) is 0. The predicted molar refractivity (Wildman–Crippen MR) is 62.8 cm³/mol. The van der Waals surface area contributed by atoms with Crippen molar-refractivity contribution in [3.63, 3.8) is 0 Å². The number of aldehydes is 1. The third-order valence-electron chi connectivity index (χ3n) is 3.08. The molecule has 2 aromatic heterocycles. The quantitative estimate of drug-likeness (QED) is 0.338. The zero-order valence-electron chi connectivity index (χ0n) is 9.85. The van der Waals surface area contributed by atoms with Gasteiger partial charge in [-0.2, -0.15) is 0 Å². The number of rotatable bonds is 5. The van der Waals surface area contributed by atoms with Crippen LogP contribution in [0.1, 0.15) is 0 Å². The highest BCUT2D eigenvalue weighted by Gasteiger charge is 2.63. The van der Waals surface area contributed by atoms with Crippen molar-refractivity contribution in [3.8, 4) is 0 Å². The number of aromatic nitrogens is 2. The van der Waals surface area contributed by atoms with Crippen molar-refractivity contribution in [3.05, 3.63) is 24.5 Å². The van der Waals surface area contributed by atoms with Crippen LogP contribution >= 0.6 is 0 Å². The number of fused-ring (bicyclic) bond motifs is 1. The lowest BCUT2D eigenvalue weighted by Crippen LogP contribution is -2.65. The van der Waals surface area contributed by atoms with Gasteiger partial charge in [-0.15, -0.1) is 0 Å². The number of aromatic amines is 1. The van der Waals surface area contributed by atoms with Crippen molar-refractivity contribution in [2.45, 2.75) is 11.3 Å². The normalized spacial score (nSPS) is 17.3. The van der Waals surface area contributed by atoms with E-state index in [1.807, 2.05) is 0 Å². The molecule has 106 valence electrons. The van der Waals surface area contributed by atoms with Gasteiger partial charge in [-0.05, 0) is 12.1 Å². The van der Waals surface area contributed by atoms with E-state index in [4.69, 9.17) is 10.2 Å². The number of carboxylic acids is 2. The topological polar surface area (TPSA) is 153 Å². The highest BCUT2D eigenvalue weighted by Crippen LogP contribution is 2.31. The molecule has 20 heavy (non-hydrogen) atoms. The van der Waals surface area contributed by atoms with Crippen molar-refractivity contribution in [2.24, 2.45) is 0 Å². The first kappa shape index (κ1) is 13.8. The number of H-pyrrole nitrogens is 1. The van der Waals surface area contributed by atoms with Crippen LogP contribution in [-0.4, -0.2) is 53.8 Å². The average molecular weight is 282 g/mol. The lowest BCUT2D eigenvalue weighted by atomic mass is 9.91. The van der Waals surface area contributed by atoms with Gasteiger partial charge in [-0.25, -0.2) is 9.59 Å². The van der Waals surface area contributed by atoms with E-state index < -0.39 is 29.6 Å². The maximum absolute atomic E-state index is 11.3. The molecule has 2 aromatic rings. The summed E-state index contributed by atoms with van der Waals surface area (Å²) in [6.07, 6.45) is 1.94. The maximum Gasteiger partial charge on any atom is 0.362 e. The van der Waals surface area contributed by atoms with E-state index in [1.165, 1.54) is 18.3 Å². The fourth-order valence-corrected chi connectivity index (χ4v) is 1.96. The van der Waals surface area contributed by atoms with E-state index in [1.54, 1.807) is 0 Å². The summed E-state index contributed by atoms with van der Waals surface area (Å²) in [5, 5.41) is 38.1. The molecule has 9 nitrogen and oxygen atoms in total. The number of nitrogens with one attached hydrogen (secondary N) is 1. The molecule has 2 atom stereocenters. The van der Waals surface area contributed by atoms with Gasteiger partial charge in [-0.1, -0.05) is 0 Å². The first-order chi connectivity index (χ1) is 9.29. The summed E-state index contributed by atoms with van der Waals surface area (Å²) < 4.78 is 0.601. The average Bonchev–Trinajstić information content (AvgIpc) is 2.98. The summed E-state index contributed by atoms with van der Waals surface area (Å²) in [6.45, 7) is 0. The minimum Gasteiger partial charge on any atom is -0.479 e.